The van der Waals surface area contributed by atoms with Gasteiger partial charge in [-0.15, -0.1) is 0 Å². The average molecular weight is 341 g/mol. The summed E-state index contributed by atoms with van der Waals surface area (Å²) in [5.41, 5.74) is 6.38. The maximum absolute atomic E-state index is 12.1. The molecule has 1 unspecified atom stereocenters. The molecule has 7 heteroatoms. The topological polar surface area (TPSA) is 111 Å². The number of primary amides is 1. The van der Waals surface area contributed by atoms with E-state index in [1.807, 2.05) is 0 Å². The number of hydrogen-bond acceptors (Lipinski definition) is 4. The standard InChI is InChI=1S/C18H19N3O4/c1-11(12-7-9-13(25-2)10-8-12)20-17(23)18(24)21-15-6-4-3-5-14(15)16(19)22/h3-11H,1-2H3,(H2,19,22)(H,20,23)(H,21,24). The molecule has 0 aliphatic rings. The Morgan fingerprint density at radius 3 is 2.24 bits per heavy atom. The zero-order valence-corrected chi connectivity index (χ0v) is 13.9. The molecule has 0 fully saturated rings. The summed E-state index contributed by atoms with van der Waals surface area (Å²) in [4.78, 5) is 35.5. The number of rotatable bonds is 5. The molecule has 0 heterocycles. The van der Waals surface area contributed by atoms with Crippen LogP contribution in [0.4, 0.5) is 5.69 Å². The van der Waals surface area contributed by atoms with Crippen LogP contribution >= 0.6 is 0 Å². The molecule has 7 nitrogen and oxygen atoms in total. The number of nitrogens with one attached hydrogen (secondary N) is 2. The first-order chi connectivity index (χ1) is 11.9. The van der Waals surface area contributed by atoms with Gasteiger partial charge in [0.25, 0.3) is 5.91 Å². The van der Waals surface area contributed by atoms with E-state index in [2.05, 4.69) is 10.6 Å². The second-order valence-corrected chi connectivity index (χ2v) is 5.33. The highest BCUT2D eigenvalue weighted by Crippen LogP contribution is 2.17. The Hall–Kier alpha value is -3.35. The number of anilines is 1. The van der Waals surface area contributed by atoms with E-state index in [1.165, 1.54) is 12.1 Å². The fourth-order valence-corrected chi connectivity index (χ4v) is 2.22. The van der Waals surface area contributed by atoms with Gasteiger partial charge in [0.05, 0.1) is 24.4 Å². The molecule has 0 saturated carbocycles. The highest BCUT2D eigenvalue weighted by molar-refractivity contribution is 6.40. The normalized spacial score (nSPS) is 11.3. The van der Waals surface area contributed by atoms with E-state index in [-0.39, 0.29) is 17.3 Å². The van der Waals surface area contributed by atoms with Crippen LogP contribution in [0, 0.1) is 0 Å². The number of amides is 3. The van der Waals surface area contributed by atoms with Crippen molar-refractivity contribution in [3.63, 3.8) is 0 Å². The van der Waals surface area contributed by atoms with Crippen LogP contribution in [0.2, 0.25) is 0 Å². The largest absolute Gasteiger partial charge is 0.497 e. The first-order valence-corrected chi connectivity index (χ1v) is 7.57. The molecule has 0 saturated heterocycles. The van der Waals surface area contributed by atoms with Crippen LogP contribution < -0.4 is 21.1 Å². The molecule has 0 aliphatic heterocycles. The highest BCUT2D eigenvalue weighted by atomic mass is 16.5. The lowest BCUT2D eigenvalue weighted by Crippen LogP contribution is -2.37. The van der Waals surface area contributed by atoms with Gasteiger partial charge < -0.3 is 21.1 Å². The molecule has 0 aliphatic carbocycles. The van der Waals surface area contributed by atoms with Crippen molar-refractivity contribution >= 4 is 23.4 Å². The Kier molecular flexibility index (Phi) is 5.73. The van der Waals surface area contributed by atoms with Gasteiger partial charge in [-0.1, -0.05) is 24.3 Å². The predicted octanol–water partition coefficient (Wildman–Crippen LogP) is 1.61. The molecule has 130 valence electrons. The molecule has 0 aromatic heterocycles. The van der Waals surface area contributed by atoms with E-state index in [0.717, 1.165) is 5.56 Å². The van der Waals surface area contributed by atoms with Crippen molar-refractivity contribution in [2.45, 2.75) is 13.0 Å². The molecule has 2 aromatic rings. The maximum Gasteiger partial charge on any atom is 0.313 e. The molecule has 2 rings (SSSR count). The number of methoxy groups -OCH3 is 1. The Morgan fingerprint density at radius 2 is 1.64 bits per heavy atom. The highest BCUT2D eigenvalue weighted by Gasteiger charge is 2.19. The second kappa shape index (κ2) is 7.96. The lowest BCUT2D eigenvalue weighted by Gasteiger charge is -2.15. The minimum absolute atomic E-state index is 0.131. The minimum atomic E-state index is -0.880. The maximum atomic E-state index is 12.1. The van der Waals surface area contributed by atoms with Crippen molar-refractivity contribution in [3.05, 3.63) is 59.7 Å². The monoisotopic (exact) mass is 341 g/mol. The lowest BCUT2D eigenvalue weighted by atomic mass is 10.1. The van der Waals surface area contributed by atoms with Crippen molar-refractivity contribution < 1.29 is 19.1 Å². The smallest absolute Gasteiger partial charge is 0.313 e. The molecule has 2 aromatic carbocycles. The molecular formula is C18H19N3O4. The van der Waals surface area contributed by atoms with Crippen molar-refractivity contribution in [2.75, 3.05) is 12.4 Å². The SMILES string of the molecule is COc1ccc(C(C)NC(=O)C(=O)Nc2ccccc2C(N)=O)cc1. The summed E-state index contributed by atoms with van der Waals surface area (Å²) in [6, 6.07) is 12.9. The molecule has 3 amide bonds. The summed E-state index contributed by atoms with van der Waals surface area (Å²) >= 11 is 0. The van der Waals surface area contributed by atoms with E-state index in [0.29, 0.717) is 5.75 Å². The van der Waals surface area contributed by atoms with Crippen LogP contribution in [0.25, 0.3) is 0 Å². The first-order valence-electron chi connectivity index (χ1n) is 7.57. The third-order valence-electron chi connectivity index (χ3n) is 3.61. The van der Waals surface area contributed by atoms with Crippen molar-refractivity contribution in [1.82, 2.24) is 5.32 Å². The quantitative estimate of drug-likeness (QED) is 0.718. The fraction of sp³-hybridized carbons (Fsp3) is 0.167. The van der Waals surface area contributed by atoms with Gasteiger partial charge in [-0.05, 0) is 36.8 Å². The van der Waals surface area contributed by atoms with Gasteiger partial charge in [0.2, 0.25) is 0 Å². The number of carbonyl (C=O) groups is 3. The average Bonchev–Trinajstić information content (AvgIpc) is 2.61. The fourth-order valence-electron chi connectivity index (χ4n) is 2.22. The Morgan fingerprint density at radius 1 is 1.00 bits per heavy atom. The van der Waals surface area contributed by atoms with Crippen LogP contribution in [-0.4, -0.2) is 24.8 Å². The van der Waals surface area contributed by atoms with E-state index in [1.54, 1.807) is 50.4 Å². The molecule has 1 atom stereocenters. The summed E-state index contributed by atoms with van der Waals surface area (Å²) in [5, 5.41) is 4.99. The number of nitrogens with two attached hydrogens (primary N) is 1. The van der Waals surface area contributed by atoms with Crippen molar-refractivity contribution in [2.24, 2.45) is 5.73 Å². The summed E-state index contributed by atoms with van der Waals surface area (Å²) < 4.78 is 5.08. The third kappa shape index (κ3) is 4.57. The van der Waals surface area contributed by atoms with E-state index >= 15 is 0 Å². The number of hydrogen-bond donors (Lipinski definition) is 3. The predicted molar refractivity (Wildman–Crippen MR) is 93.1 cm³/mol. The van der Waals surface area contributed by atoms with Gasteiger partial charge in [0, 0.05) is 0 Å². The van der Waals surface area contributed by atoms with Gasteiger partial charge in [-0.2, -0.15) is 0 Å². The number of para-hydroxylation sites is 1. The van der Waals surface area contributed by atoms with Crippen LogP contribution in [0.15, 0.2) is 48.5 Å². The summed E-state index contributed by atoms with van der Waals surface area (Å²) in [5.74, 6) is -1.69. The minimum Gasteiger partial charge on any atom is -0.497 e. The third-order valence-corrected chi connectivity index (χ3v) is 3.61. The molecule has 25 heavy (non-hydrogen) atoms. The summed E-state index contributed by atoms with van der Waals surface area (Å²) in [7, 11) is 1.56. The van der Waals surface area contributed by atoms with Crippen LogP contribution in [0.3, 0.4) is 0 Å². The van der Waals surface area contributed by atoms with Gasteiger partial charge >= 0.3 is 11.8 Å². The van der Waals surface area contributed by atoms with Gasteiger partial charge in [0.1, 0.15) is 5.75 Å². The van der Waals surface area contributed by atoms with Crippen LogP contribution in [0.1, 0.15) is 28.9 Å². The van der Waals surface area contributed by atoms with Crippen LogP contribution in [0.5, 0.6) is 5.75 Å². The number of benzene rings is 2. The van der Waals surface area contributed by atoms with Gasteiger partial charge in [0.15, 0.2) is 0 Å². The van der Waals surface area contributed by atoms with Crippen LogP contribution in [-0.2, 0) is 9.59 Å². The zero-order chi connectivity index (χ0) is 18.4. The zero-order valence-electron chi connectivity index (χ0n) is 13.9. The van der Waals surface area contributed by atoms with E-state index in [4.69, 9.17) is 10.5 Å². The number of ether oxygens (including phenoxy) is 1. The molecule has 0 radical (unpaired) electrons. The summed E-state index contributed by atoms with van der Waals surface area (Å²) in [6.07, 6.45) is 0. The lowest BCUT2D eigenvalue weighted by molar-refractivity contribution is -0.136. The van der Waals surface area contributed by atoms with Crippen molar-refractivity contribution in [1.29, 1.82) is 0 Å². The molecular weight excluding hydrogens is 322 g/mol. The van der Waals surface area contributed by atoms with Gasteiger partial charge in [-0.25, -0.2) is 0 Å². The Bertz CT molecular complexity index is 787. The number of carbonyl (C=O) groups excluding carboxylic acids is 3. The Labute approximate surface area is 145 Å². The van der Waals surface area contributed by atoms with Gasteiger partial charge in [-0.3, -0.25) is 14.4 Å². The van der Waals surface area contributed by atoms with Crippen molar-refractivity contribution in [3.8, 4) is 5.75 Å². The molecule has 4 N–H and O–H groups in total. The first kappa shape index (κ1) is 18.0. The molecule has 0 bridgehead atoms. The molecule has 0 spiro atoms. The van der Waals surface area contributed by atoms with E-state index in [9.17, 15) is 14.4 Å². The Balaban J connectivity index is 2.02. The van der Waals surface area contributed by atoms with E-state index < -0.39 is 17.7 Å². The second-order valence-electron chi connectivity index (χ2n) is 5.33. The summed E-state index contributed by atoms with van der Waals surface area (Å²) in [6.45, 7) is 1.75.